The van der Waals surface area contributed by atoms with Gasteiger partial charge >= 0.3 is 0 Å². The van der Waals surface area contributed by atoms with Crippen LogP contribution < -0.4 is 0 Å². The maximum Gasteiger partial charge on any atom is 0.0578 e. The quantitative estimate of drug-likeness (QED) is 0.712. The van der Waals surface area contributed by atoms with E-state index in [0.717, 1.165) is 12.0 Å². The van der Waals surface area contributed by atoms with Crippen LogP contribution in [0.25, 0.3) is 0 Å². The van der Waals surface area contributed by atoms with Gasteiger partial charge in [0.2, 0.25) is 0 Å². The van der Waals surface area contributed by atoms with Gasteiger partial charge in [-0.05, 0) is 65.8 Å². The Kier molecular flexibility index (Phi) is 7.66. The molecule has 0 spiro atoms. The van der Waals surface area contributed by atoms with E-state index in [1.165, 1.54) is 71.1 Å². The summed E-state index contributed by atoms with van der Waals surface area (Å²) in [4.78, 5) is 5.13. The van der Waals surface area contributed by atoms with Crippen LogP contribution in [-0.4, -0.2) is 61.3 Å². The third-order valence-electron chi connectivity index (χ3n) is 5.65. The van der Waals surface area contributed by atoms with Crippen molar-refractivity contribution in [2.75, 3.05) is 33.2 Å². The van der Waals surface area contributed by atoms with Crippen LogP contribution >= 0.6 is 0 Å². The molecule has 1 saturated carbocycles. The standard InChI is InChI=1S/C19H38N2O/c1-16(2)22-19-10-8-18(9-11-19)7-5-6-17(3)21-14-12-20(4)13-15-21/h16-19H,5-15H2,1-4H3/t17-,18-,19-/m0/s1. The van der Waals surface area contributed by atoms with Gasteiger partial charge in [-0.15, -0.1) is 0 Å². The maximum atomic E-state index is 5.96. The van der Waals surface area contributed by atoms with Crippen LogP contribution in [0.3, 0.4) is 0 Å². The zero-order valence-electron chi connectivity index (χ0n) is 15.4. The molecule has 2 rings (SSSR count). The molecule has 3 nitrogen and oxygen atoms in total. The molecule has 2 fully saturated rings. The van der Waals surface area contributed by atoms with E-state index in [9.17, 15) is 0 Å². The van der Waals surface area contributed by atoms with Gasteiger partial charge < -0.3 is 9.64 Å². The summed E-state index contributed by atoms with van der Waals surface area (Å²) in [6, 6.07) is 0.773. The third-order valence-corrected chi connectivity index (χ3v) is 5.65. The summed E-state index contributed by atoms with van der Waals surface area (Å²) in [5, 5.41) is 0. The Morgan fingerprint density at radius 2 is 1.59 bits per heavy atom. The highest BCUT2D eigenvalue weighted by molar-refractivity contribution is 4.77. The highest BCUT2D eigenvalue weighted by atomic mass is 16.5. The number of rotatable bonds is 7. The summed E-state index contributed by atoms with van der Waals surface area (Å²) < 4.78 is 5.96. The fourth-order valence-electron chi connectivity index (χ4n) is 4.09. The second kappa shape index (κ2) is 9.24. The molecule has 0 aromatic carbocycles. The number of ether oxygens (including phenoxy) is 1. The Balaban J connectivity index is 1.55. The lowest BCUT2D eigenvalue weighted by molar-refractivity contribution is -0.0204. The fourth-order valence-corrected chi connectivity index (χ4v) is 4.09. The first-order chi connectivity index (χ1) is 10.5. The molecular formula is C19H38N2O. The van der Waals surface area contributed by atoms with E-state index in [1.807, 2.05) is 0 Å². The zero-order chi connectivity index (χ0) is 15.9. The van der Waals surface area contributed by atoms with Crippen LogP contribution in [-0.2, 0) is 4.74 Å². The molecule has 0 bridgehead atoms. The van der Waals surface area contributed by atoms with Crippen molar-refractivity contribution in [3.05, 3.63) is 0 Å². The SMILES string of the molecule is CC(C)O[C@H]1CC[C@H](CCC[C@H](C)N2CCN(C)CC2)CC1. The smallest absolute Gasteiger partial charge is 0.0578 e. The van der Waals surface area contributed by atoms with E-state index < -0.39 is 0 Å². The van der Waals surface area contributed by atoms with Crippen molar-refractivity contribution in [2.45, 2.75) is 84.0 Å². The Morgan fingerprint density at radius 1 is 0.955 bits per heavy atom. The van der Waals surface area contributed by atoms with Gasteiger partial charge in [0.05, 0.1) is 12.2 Å². The Labute approximate surface area is 138 Å². The predicted molar refractivity (Wildman–Crippen MR) is 94.4 cm³/mol. The molecule has 0 unspecified atom stereocenters. The van der Waals surface area contributed by atoms with Gasteiger partial charge in [0.1, 0.15) is 0 Å². The number of hydrogen-bond acceptors (Lipinski definition) is 3. The number of hydrogen-bond donors (Lipinski definition) is 0. The molecule has 1 saturated heterocycles. The first-order valence-electron chi connectivity index (χ1n) is 9.62. The first-order valence-corrected chi connectivity index (χ1v) is 9.62. The Hall–Kier alpha value is -0.120. The van der Waals surface area contributed by atoms with E-state index in [4.69, 9.17) is 4.74 Å². The molecule has 130 valence electrons. The number of likely N-dealkylation sites (N-methyl/N-ethyl adjacent to an activating group) is 1. The van der Waals surface area contributed by atoms with Crippen LogP contribution in [0, 0.1) is 5.92 Å². The molecule has 0 aromatic rings. The molecule has 22 heavy (non-hydrogen) atoms. The minimum absolute atomic E-state index is 0.394. The van der Waals surface area contributed by atoms with Crippen molar-refractivity contribution in [2.24, 2.45) is 5.92 Å². The van der Waals surface area contributed by atoms with E-state index in [0.29, 0.717) is 12.2 Å². The molecule has 1 atom stereocenters. The fraction of sp³-hybridized carbons (Fsp3) is 1.00. The van der Waals surface area contributed by atoms with Crippen molar-refractivity contribution in [1.82, 2.24) is 9.80 Å². The highest BCUT2D eigenvalue weighted by Crippen LogP contribution is 2.30. The van der Waals surface area contributed by atoms with Crippen molar-refractivity contribution in [3.8, 4) is 0 Å². The van der Waals surface area contributed by atoms with E-state index in [2.05, 4.69) is 37.6 Å². The summed E-state index contributed by atoms with van der Waals surface area (Å²) in [6.07, 6.45) is 10.5. The van der Waals surface area contributed by atoms with Gasteiger partial charge in [-0.1, -0.05) is 12.8 Å². The topological polar surface area (TPSA) is 15.7 Å². The molecule has 0 radical (unpaired) electrons. The first kappa shape index (κ1) is 18.2. The minimum atomic E-state index is 0.394. The monoisotopic (exact) mass is 310 g/mol. The van der Waals surface area contributed by atoms with Gasteiger partial charge in [0.25, 0.3) is 0 Å². The predicted octanol–water partition coefficient (Wildman–Crippen LogP) is 3.78. The summed E-state index contributed by atoms with van der Waals surface area (Å²) in [7, 11) is 2.24. The van der Waals surface area contributed by atoms with Crippen LogP contribution in [0.5, 0.6) is 0 Å². The molecule has 0 N–H and O–H groups in total. The Bertz CT molecular complexity index is 292. The third kappa shape index (κ3) is 6.17. The second-order valence-electron chi connectivity index (χ2n) is 7.95. The van der Waals surface area contributed by atoms with E-state index >= 15 is 0 Å². The summed E-state index contributed by atoms with van der Waals surface area (Å²) in [5.74, 6) is 0.965. The van der Waals surface area contributed by atoms with Crippen molar-refractivity contribution in [3.63, 3.8) is 0 Å². The van der Waals surface area contributed by atoms with Gasteiger partial charge in [-0.25, -0.2) is 0 Å². The van der Waals surface area contributed by atoms with Crippen molar-refractivity contribution < 1.29 is 4.74 Å². The molecule has 3 heteroatoms. The van der Waals surface area contributed by atoms with Crippen molar-refractivity contribution >= 4 is 0 Å². The summed E-state index contributed by atoms with van der Waals surface area (Å²) >= 11 is 0. The molecule has 2 aliphatic rings. The van der Waals surface area contributed by atoms with E-state index in [1.54, 1.807) is 0 Å². The van der Waals surface area contributed by atoms with Crippen LogP contribution in [0.15, 0.2) is 0 Å². The largest absolute Gasteiger partial charge is 0.376 e. The number of nitrogens with zero attached hydrogens (tertiary/aromatic N) is 2. The lowest BCUT2D eigenvalue weighted by Crippen LogP contribution is -2.48. The van der Waals surface area contributed by atoms with Gasteiger partial charge in [-0.3, -0.25) is 4.90 Å². The Morgan fingerprint density at radius 3 is 2.18 bits per heavy atom. The molecule has 1 aliphatic heterocycles. The molecular weight excluding hydrogens is 272 g/mol. The van der Waals surface area contributed by atoms with Crippen LogP contribution in [0.1, 0.15) is 65.7 Å². The number of piperazine rings is 1. The molecule has 1 aliphatic carbocycles. The zero-order valence-corrected chi connectivity index (χ0v) is 15.4. The van der Waals surface area contributed by atoms with Gasteiger partial charge in [-0.2, -0.15) is 0 Å². The minimum Gasteiger partial charge on any atom is -0.376 e. The molecule has 0 amide bonds. The van der Waals surface area contributed by atoms with Gasteiger partial charge in [0.15, 0.2) is 0 Å². The molecule has 0 aromatic heterocycles. The van der Waals surface area contributed by atoms with Crippen LogP contribution in [0.2, 0.25) is 0 Å². The second-order valence-corrected chi connectivity index (χ2v) is 7.95. The van der Waals surface area contributed by atoms with Crippen LogP contribution in [0.4, 0.5) is 0 Å². The van der Waals surface area contributed by atoms with Crippen molar-refractivity contribution in [1.29, 1.82) is 0 Å². The summed E-state index contributed by atoms with van der Waals surface area (Å²) in [6.45, 7) is 11.7. The highest BCUT2D eigenvalue weighted by Gasteiger charge is 2.23. The molecule has 1 heterocycles. The lowest BCUT2D eigenvalue weighted by Gasteiger charge is -2.36. The average Bonchev–Trinajstić information content (AvgIpc) is 2.49. The lowest BCUT2D eigenvalue weighted by atomic mass is 9.84. The van der Waals surface area contributed by atoms with Gasteiger partial charge in [0, 0.05) is 32.2 Å². The maximum absolute atomic E-state index is 5.96. The average molecular weight is 311 g/mol. The normalized spacial score (nSPS) is 29.9. The van der Waals surface area contributed by atoms with E-state index in [-0.39, 0.29) is 0 Å². The summed E-state index contributed by atoms with van der Waals surface area (Å²) in [5.41, 5.74) is 0.